The van der Waals surface area contributed by atoms with Crippen LogP contribution in [0.4, 0.5) is 0 Å². The summed E-state index contributed by atoms with van der Waals surface area (Å²) in [6.07, 6.45) is 23.5. The highest BCUT2D eigenvalue weighted by Crippen LogP contribution is 2.33. The van der Waals surface area contributed by atoms with Gasteiger partial charge in [0.2, 0.25) is 0 Å². The molecule has 158 valence electrons. The van der Waals surface area contributed by atoms with E-state index in [0.717, 1.165) is 12.8 Å². The second-order valence-corrected chi connectivity index (χ2v) is 8.55. The van der Waals surface area contributed by atoms with E-state index in [1.165, 1.54) is 103 Å². The van der Waals surface area contributed by atoms with Gasteiger partial charge in [0.25, 0.3) is 0 Å². The van der Waals surface area contributed by atoms with Crippen LogP contribution in [0.1, 0.15) is 129 Å². The first kappa shape index (κ1) is 26.3. The lowest BCUT2D eigenvalue weighted by molar-refractivity contribution is 0.193. The Kier molecular flexibility index (Phi) is 23.6. The molecule has 0 rings (SSSR count). The van der Waals surface area contributed by atoms with Crippen LogP contribution in [0.3, 0.4) is 0 Å². The third-order valence-corrected chi connectivity index (χ3v) is 5.71. The first-order valence-electron chi connectivity index (χ1n) is 11.6. The van der Waals surface area contributed by atoms with E-state index < -0.39 is 8.60 Å². The van der Waals surface area contributed by atoms with Crippen molar-refractivity contribution in [2.24, 2.45) is 0 Å². The highest BCUT2D eigenvalue weighted by Gasteiger charge is 2.05. The van der Waals surface area contributed by atoms with Gasteiger partial charge in [0.05, 0.1) is 13.2 Å². The van der Waals surface area contributed by atoms with Crippen LogP contribution in [0.5, 0.6) is 0 Å². The van der Waals surface area contributed by atoms with Gasteiger partial charge in [0.1, 0.15) is 0 Å². The van der Waals surface area contributed by atoms with E-state index in [0.29, 0.717) is 13.2 Å². The number of rotatable bonds is 22. The molecule has 1 unspecified atom stereocenters. The van der Waals surface area contributed by atoms with Crippen molar-refractivity contribution in [3.8, 4) is 0 Å². The molecule has 0 aliphatic heterocycles. The van der Waals surface area contributed by atoms with Crippen LogP contribution in [0.15, 0.2) is 0 Å². The van der Waals surface area contributed by atoms with Gasteiger partial charge in [-0.05, 0) is 12.8 Å². The number of unbranched alkanes of at least 4 members (excludes halogenated alkanes) is 16. The predicted molar refractivity (Wildman–Crippen MR) is 115 cm³/mol. The summed E-state index contributed by atoms with van der Waals surface area (Å²) in [5, 5.41) is 0. The molecular weight excluding hydrogens is 343 g/mol. The van der Waals surface area contributed by atoms with Crippen molar-refractivity contribution >= 4 is 8.60 Å². The average Bonchev–Trinajstić information content (AvgIpc) is 2.65. The predicted octanol–water partition coefficient (Wildman–Crippen LogP) is 8.30. The summed E-state index contributed by atoms with van der Waals surface area (Å²) in [4.78, 5) is 9.70. The molecule has 0 saturated carbocycles. The summed E-state index contributed by atoms with van der Waals surface area (Å²) < 4.78 is 10.8. The fourth-order valence-electron chi connectivity index (χ4n) is 3.15. The minimum atomic E-state index is -1.65. The van der Waals surface area contributed by atoms with E-state index in [1.54, 1.807) is 0 Å². The molecule has 4 heteroatoms. The fraction of sp³-hybridized carbons (Fsp3) is 1.00. The second kappa shape index (κ2) is 23.3. The maximum atomic E-state index is 9.70. The van der Waals surface area contributed by atoms with Crippen molar-refractivity contribution in [1.82, 2.24) is 0 Å². The molecule has 3 nitrogen and oxygen atoms in total. The average molecular weight is 391 g/mol. The third-order valence-electron chi connectivity index (χ3n) is 4.90. The second-order valence-electron chi connectivity index (χ2n) is 7.56. The summed E-state index contributed by atoms with van der Waals surface area (Å²) in [5.41, 5.74) is 0. The van der Waals surface area contributed by atoms with Gasteiger partial charge in [-0.25, -0.2) is 0 Å². The summed E-state index contributed by atoms with van der Waals surface area (Å²) in [7, 11) is -1.65. The first-order valence-corrected chi connectivity index (χ1v) is 12.7. The van der Waals surface area contributed by atoms with Crippen molar-refractivity contribution in [2.45, 2.75) is 129 Å². The highest BCUT2D eigenvalue weighted by atomic mass is 31.2. The Balaban J connectivity index is 3.11. The van der Waals surface area contributed by atoms with E-state index in [9.17, 15) is 4.89 Å². The molecular formula is C22H47O3P. The molecule has 0 saturated heterocycles. The Morgan fingerprint density at radius 3 is 1.04 bits per heavy atom. The van der Waals surface area contributed by atoms with Crippen molar-refractivity contribution in [3.63, 3.8) is 0 Å². The molecule has 0 radical (unpaired) electrons. The fourth-order valence-corrected chi connectivity index (χ4v) is 3.79. The van der Waals surface area contributed by atoms with E-state index in [4.69, 9.17) is 9.05 Å². The maximum absolute atomic E-state index is 9.70. The monoisotopic (exact) mass is 390 g/mol. The summed E-state index contributed by atoms with van der Waals surface area (Å²) >= 11 is 0. The molecule has 0 fully saturated rings. The lowest BCUT2D eigenvalue weighted by atomic mass is 10.1. The molecule has 26 heavy (non-hydrogen) atoms. The molecule has 0 aliphatic carbocycles. The van der Waals surface area contributed by atoms with Gasteiger partial charge < -0.3 is 13.9 Å². The normalized spacial score (nSPS) is 12.6. The quantitative estimate of drug-likeness (QED) is 0.149. The Bertz CT molecular complexity index is 252. The van der Waals surface area contributed by atoms with Crippen LogP contribution in [-0.4, -0.2) is 18.1 Å². The molecule has 0 amide bonds. The van der Waals surface area contributed by atoms with E-state index in [-0.39, 0.29) is 0 Å². The van der Waals surface area contributed by atoms with Gasteiger partial charge in [0.15, 0.2) is 0 Å². The Morgan fingerprint density at radius 1 is 0.462 bits per heavy atom. The number of hydrogen-bond donors (Lipinski definition) is 1. The zero-order chi connectivity index (χ0) is 19.1. The Morgan fingerprint density at radius 2 is 0.731 bits per heavy atom. The van der Waals surface area contributed by atoms with Crippen molar-refractivity contribution in [2.75, 3.05) is 13.2 Å². The van der Waals surface area contributed by atoms with Gasteiger partial charge in [-0.1, -0.05) is 117 Å². The highest BCUT2D eigenvalue weighted by molar-refractivity contribution is 7.40. The minimum Gasteiger partial charge on any atom is -0.328 e. The first-order chi connectivity index (χ1) is 12.8. The smallest absolute Gasteiger partial charge is 0.328 e. The molecule has 0 aromatic rings. The van der Waals surface area contributed by atoms with E-state index in [1.807, 2.05) is 0 Å². The summed E-state index contributed by atoms with van der Waals surface area (Å²) in [6, 6.07) is 0. The molecule has 0 heterocycles. The Labute approximate surface area is 165 Å². The van der Waals surface area contributed by atoms with Crippen LogP contribution < -0.4 is 0 Å². The molecule has 0 aliphatic rings. The van der Waals surface area contributed by atoms with Crippen molar-refractivity contribution in [1.29, 1.82) is 0 Å². The van der Waals surface area contributed by atoms with Crippen LogP contribution >= 0.6 is 8.60 Å². The number of hydrogen-bond acceptors (Lipinski definition) is 3. The van der Waals surface area contributed by atoms with Crippen molar-refractivity contribution < 1.29 is 13.9 Å². The molecule has 1 atom stereocenters. The van der Waals surface area contributed by atoms with Crippen LogP contribution in [0.2, 0.25) is 0 Å². The lowest BCUT2D eigenvalue weighted by Gasteiger charge is -2.10. The topological polar surface area (TPSA) is 38.7 Å². The molecule has 0 bridgehead atoms. The van der Waals surface area contributed by atoms with Gasteiger partial charge in [-0.2, -0.15) is 0 Å². The van der Waals surface area contributed by atoms with Gasteiger partial charge in [-0.15, -0.1) is 0 Å². The molecule has 0 spiro atoms. The zero-order valence-electron chi connectivity index (χ0n) is 17.9. The largest absolute Gasteiger partial charge is 0.329 e. The Hall–Kier alpha value is 0.310. The van der Waals surface area contributed by atoms with Crippen LogP contribution in [0.25, 0.3) is 0 Å². The van der Waals surface area contributed by atoms with Crippen molar-refractivity contribution in [3.05, 3.63) is 0 Å². The lowest BCUT2D eigenvalue weighted by Crippen LogP contribution is -1.95. The maximum Gasteiger partial charge on any atom is 0.329 e. The van der Waals surface area contributed by atoms with Gasteiger partial charge >= 0.3 is 8.60 Å². The van der Waals surface area contributed by atoms with Gasteiger partial charge in [-0.3, -0.25) is 0 Å². The van der Waals surface area contributed by atoms with Crippen LogP contribution in [0, 0.1) is 0 Å². The SMILES string of the molecule is CCCCCCCCCCCCCOP(O)OCCCCCCCCC. The molecule has 0 aromatic heterocycles. The summed E-state index contributed by atoms with van der Waals surface area (Å²) in [5.74, 6) is 0. The summed E-state index contributed by atoms with van der Waals surface area (Å²) in [6.45, 7) is 5.78. The molecule has 1 N–H and O–H groups in total. The minimum absolute atomic E-state index is 0.633. The molecule has 0 aromatic carbocycles. The van der Waals surface area contributed by atoms with E-state index in [2.05, 4.69) is 13.8 Å². The van der Waals surface area contributed by atoms with Crippen LogP contribution in [-0.2, 0) is 9.05 Å². The zero-order valence-corrected chi connectivity index (χ0v) is 18.7. The standard InChI is InChI=1S/C22H47O3P/c1-3-5-7-9-11-12-13-14-16-18-20-22-25-26(23)24-21-19-17-15-10-8-6-4-2/h23H,3-22H2,1-2H3. The van der Waals surface area contributed by atoms with E-state index >= 15 is 0 Å². The van der Waals surface area contributed by atoms with Gasteiger partial charge in [0, 0.05) is 0 Å². The third kappa shape index (κ3) is 22.4.